The second-order valence-corrected chi connectivity index (χ2v) is 6.55. The standard InChI is InChI=1S/C16H26N4O2S/c1-3-22-16(21)20-14(12-6-7-12)11-19-15(17-2)18-9-8-13-5-4-10-23-13/h4-5,10,12,14H,3,6-9,11H2,1-2H3,(H,20,21)(H2,17,18,19). The number of alkyl carbamates (subject to hydrolysis) is 1. The van der Waals surface area contributed by atoms with E-state index in [1.54, 1.807) is 18.4 Å². The van der Waals surface area contributed by atoms with Crippen LogP contribution in [0.3, 0.4) is 0 Å². The molecule has 1 saturated carbocycles. The maximum atomic E-state index is 11.6. The van der Waals surface area contributed by atoms with Crippen LogP contribution >= 0.6 is 11.3 Å². The van der Waals surface area contributed by atoms with E-state index in [4.69, 9.17) is 4.74 Å². The predicted octanol–water partition coefficient (Wildman–Crippen LogP) is 1.98. The molecule has 7 heteroatoms. The van der Waals surface area contributed by atoms with E-state index in [0.29, 0.717) is 19.1 Å². The minimum Gasteiger partial charge on any atom is -0.450 e. The molecule has 128 valence electrons. The van der Waals surface area contributed by atoms with E-state index in [-0.39, 0.29) is 12.1 Å². The molecule has 0 saturated heterocycles. The van der Waals surface area contributed by atoms with E-state index in [2.05, 4.69) is 38.5 Å². The van der Waals surface area contributed by atoms with Crippen molar-refractivity contribution in [1.82, 2.24) is 16.0 Å². The summed E-state index contributed by atoms with van der Waals surface area (Å²) in [5, 5.41) is 11.6. The van der Waals surface area contributed by atoms with Gasteiger partial charge in [0.05, 0.1) is 12.6 Å². The third kappa shape index (κ3) is 6.48. The summed E-state index contributed by atoms with van der Waals surface area (Å²) in [5.74, 6) is 1.30. The summed E-state index contributed by atoms with van der Waals surface area (Å²) >= 11 is 1.76. The summed E-state index contributed by atoms with van der Waals surface area (Å²) in [5.41, 5.74) is 0. The Hall–Kier alpha value is -1.76. The molecule has 1 unspecified atom stereocenters. The summed E-state index contributed by atoms with van der Waals surface area (Å²) in [6.45, 7) is 3.69. The number of aliphatic imine (C=N–C) groups is 1. The Morgan fingerprint density at radius 3 is 2.91 bits per heavy atom. The van der Waals surface area contributed by atoms with Gasteiger partial charge in [-0.05, 0) is 43.6 Å². The Balaban J connectivity index is 1.70. The molecule has 2 rings (SSSR count). The Labute approximate surface area is 141 Å². The van der Waals surface area contributed by atoms with Crippen molar-refractivity contribution >= 4 is 23.4 Å². The number of nitrogens with one attached hydrogen (secondary N) is 3. The lowest BCUT2D eigenvalue weighted by Gasteiger charge is -2.20. The summed E-state index contributed by atoms with van der Waals surface area (Å²) in [4.78, 5) is 17.2. The van der Waals surface area contributed by atoms with E-state index < -0.39 is 0 Å². The van der Waals surface area contributed by atoms with Crippen LogP contribution in [0.5, 0.6) is 0 Å². The molecule has 1 aliphatic carbocycles. The molecular weight excluding hydrogens is 312 g/mol. The Kier molecular flexibility index (Phi) is 7.19. The van der Waals surface area contributed by atoms with Gasteiger partial charge in [-0.1, -0.05) is 6.07 Å². The fourth-order valence-electron chi connectivity index (χ4n) is 2.34. The van der Waals surface area contributed by atoms with Gasteiger partial charge in [-0.3, -0.25) is 4.99 Å². The summed E-state index contributed by atoms with van der Waals surface area (Å²) in [7, 11) is 1.76. The fraction of sp³-hybridized carbons (Fsp3) is 0.625. The van der Waals surface area contributed by atoms with Gasteiger partial charge in [0.1, 0.15) is 0 Å². The lowest BCUT2D eigenvalue weighted by Crippen LogP contribution is -2.48. The maximum Gasteiger partial charge on any atom is 0.407 e. The summed E-state index contributed by atoms with van der Waals surface area (Å²) < 4.78 is 4.97. The molecule has 1 fully saturated rings. The Morgan fingerprint density at radius 1 is 1.48 bits per heavy atom. The van der Waals surface area contributed by atoms with Gasteiger partial charge < -0.3 is 20.7 Å². The van der Waals surface area contributed by atoms with Gasteiger partial charge in [-0.2, -0.15) is 0 Å². The van der Waals surface area contributed by atoms with Crippen LogP contribution in [0, 0.1) is 5.92 Å². The minimum atomic E-state index is -0.341. The third-order valence-electron chi connectivity index (χ3n) is 3.73. The topological polar surface area (TPSA) is 74.8 Å². The average molecular weight is 338 g/mol. The number of rotatable bonds is 8. The summed E-state index contributed by atoms with van der Waals surface area (Å²) in [6, 6.07) is 4.29. The maximum absolute atomic E-state index is 11.6. The Bertz CT molecular complexity index is 500. The zero-order valence-corrected chi connectivity index (χ0v) is 14.6. The molecular formula is C16H26N4O2S. The molecule has 1 aromatic heterocycles. The number of carbonyl (C=O) groups excluding carboxylic acids is 1. The van der Waals surface area contributed by atoms with Crippen molar-refractivity contribution in [2.45, 2.75) is 32.2 Å². The molecule has 1 atom stereocenters. The van der Waals surface area contributed by atoms with E-state index in [9.17, 15) is 4.79 Å². The quantitative estimate of drug-likeness (QED) is 0.500. The fourth-order valence-corrected chi connectivity index (χ4v) is 3.05. The lowest BCUT2D eigenvalue weighted by atomic mass is 10.2. The molecule has 0 spiro atoms. The van der Waals surface area contributed by atoms with Crippen LogP contribution in [0.4, 0.5) is 4.79 Å². The molecule has 1 heterocycles. The largest absolute Gasteiger partial charge is 0.450 e. The highest BCUT2D eigenvalue weighted by Gasteiger charge is 2.32. The Morgan fingerprint density at radius 2 is 2.30 bits per heavy atom. The molecule has 0 aromatic carbocycles. The first-order valence-corrected chi connectivity index (χ1v) is 9.01. The number of ether oxygens (including phenoxy) is 1. The van der Waals surface area contributed by atoms with Gasteiger partial charge in [0.25, 0.3) is 0 Å². The zero-order valence-electron chi connectivity index (χ0n) is 13.8. The third-order valence-corrected chi connectivity index (χ3v) is 4.66. The predicted molar refractivity (Wildman–Crippen MR) is 94.1 cm³/mol. The lowest BCUT2D eigenvalue weighted by molar-refractivity contribution is 0.146. The first kappa shape index (κ1) is 17.6. The number of amides is 1. The van der Waals surface area contributed by atoms with Crippen molar-refractivity contribution < 1.29 is 9.53 Å². The molecule has 0 radical (unpaired) electrons. The molecule has 1 aliphatic rings. The van der Waals surface area contributed by atoms with Gasteiger partial charge in [-0.25, -0.2) is 4.79 Å². The SMILES string of the molecule is CCOC(=O)NC(CNC(=NC)NCCc1cccs1)C1CC1. The number of guanidine groups is 1. The van der Waals surface area contributed by atoms with Crippen LogP contribution in [0.25, 0.3) is 0 Å². The van der Waals surface area contributed by atoms with Crippen molar-refractivity contribution in [2.75, 3.05) is 26.7 Å². The second-order valence-electron chi connectivity index (χ2n) is 5.52. The molecule has 23 heavy (non-hydrogen) atoms. The van der Waals surface area contributed by atoms with Crippen LogP contribution in [-0.2, 0) is 11.2 Å². The van der Waals surface area contributed by atoms with E-state index >= 15 is 0 Å². The smallest absolute Gasteiger partial charge is 0.407 e. The van der Waals surface area contributed by atoms with Gasteiger partial charge in [-0.15, -0.1) is 11.3 Å². The van der Waals surface area contributed by atoms with Crippen molar-refractivity contribution in [3.63, 3.8) is 0 Å². The average Bonchev–Trinajstić information content (AvgIpc) is 3.26. The molecule has 0 bridgehead atoms. The van der Waals surface area contributed by atoms with E-state index in [1.165, 1.54) is 4.88 Å². The highest BCUT2D eigenvalue weighted by Crippen LogP contribution is 2.32. The normalized spacial score (nSPS) is 15.8. The first-order chi connectivity index (χ1) is 11.2. The van der Waals surface area contributed by atoms with Crippen molar-refractivity contribution in [3.05, 3.63) is 22.4 Å². The highest BCUT2D eigenvalue weighted by molar-refractivity contribution is 7.09. The number of hydrogen-bond acceptors (Lipinski definition) is 4. The van der Waals surface area contributed by atoms with Gasteiger partial charge in [0.15, 0.2) is 5.96 Å². The number of hydrogen-bond donors (Lipinski definition) is 3. The van der Waals surface area contributed by atoms with Crippen molar-refractivity contribution in [2.24, 2.45) is 10.9 Å². The number of nitrogens with zero attached hydrogens (tertiary/aromatic N) is 1. The van der Waals surface area contributed by atoms with Crippen LogP contribution in [0.1, 0.15) is 24.6 Å². The second kappa shape index (κ2) is 9.39. The van der Waals surface area contributed by atoms with Crippen molar-refractivity contribution in [3.8, 4) is 0 Å². The van der Waals surface area contributed by atoms with Crippen LogP contribution in [0.15, 0.2) is 22.5 Å². The monoisotopic (exact) mass is 338 g/mol. The number of thiophene rings is 1. The van der Waals surface area contributed by atoms with Crippen LogP contribution in [0.2, 0.25) is 0 Å². The molecule has 6 nitrogen and oxygen atoms in total. The van der Waals surface area contributed by atoms with Gasteiger partial charge >= 0.3 is 6.09 Å². The van der Waals surface area contributed by atoms with Crippen molar-refractivity contribution in [1.29, 1.82) is 0 Å². The number of carbonyl (C=O) groups is 1. The van der Waals surface area contributed by atoms with Gasteiger partial charge in [0, 0.05) is 25.0 Å². The zero-order chi connectivity index (χ0) is 16.5. The van der Waals surface area contributed by atoms with E-state index in [1.807, 2.05) is 6.92 Å². The van der Waals surface area contributed by atoms with Crippen LogP contribution < -0.4 is 16.0 Å². The highest BCUT2D eigenvalue weighted by atomic mass is 32.1. The minimum absolute atomic E-state index is 0.0879. The summed E-state index contributed by atoms with van der Waals surface area (Å²) in [6.07, 6.45) is 2.95. The van der Waals surface area contributed by atoms with Gasteiger partial charge in [0.2, 0.25) is 0 Å². The molecule has 1 aromatic rings. The molecule has 1 amide bonds. The molecule has 3 N–H and O–H groups in total. The first-order valence-electron chi connectivity index (χ1n) is 8.13. The van der Waals surface area contributed by atoms with Crippen LogP contribution in [-0.4, -0.2) is 44.8 Å². The molecule has 0 aliphatic heterocycles. The van der Waals surface area contributed by atoms with E-state index in [0.717, 1.165) is 31.8 Å².